The highest BCUT2D eigenvalue weighted by molar-refractivity contribution is 9.10. The Morgan fingerprint density at radius 3 is 2.62 bits per heavy atom. The number of hydrogen-bond donors (Lipinski definition) is 0. The van der Waals surface area contributed by atoms with Gasteiger partial charge in [0.2, 0.25) is 0 Å². The molecule has 1 aromatic heterocycles. The lowest BCUT2D eigenvalue weighted by atomic mass is 10.1. The number of pyridine rings is 1. The second-order valence-corrected chi connectivity index (χ2v) is 5.36. The number of carbonyl (C=O) groups is 1. The Kier molecular flexibility index (Phi) is 5.17. The van der Waals surface area contributed by atoms with Gasteiger partial charge in [-0.2, -0.15) is 0 Å². The first-order chi connectivity index (χ1) is 10.2. The van der Waals surface area contributed by atoms with Crippen molar-refractivity contribution in [2.24, 2.45) is 0 Å². The molecule has 0 atom stereocenters. The molecule has 0 amide bonds. The number of hydrogen-bond acceptors (Lipinski definition) is 4. The first-order valence-corrected chi connectivity index (χ1v) is 7.81. The minimum atomic E-state index is -0.390. The van der Waals surface area contributed by atoms with Gasteiger partial charge in [0.25, 0.3) is 0 Å². The van der Waals surface area contributed by atoms with Gasteiger partial charge in [0, 0.05) is 16.1 Å². The SMILES string of the molecule is CC.COC(=O)c1cnc2c(Br)cc(OC3CC3)cc2c1. The molecule has 1 heterocycles. The topological polar surface area (TPSA) is 48.4 Å². The summed E-state index contributed by atoms with van der Waals surface area (Å²) in [5.74, 6) is 0.407. The summed E-state index contributed by atoms with van der Waals surface area (Å²) in [7, 11) is 1.36. The standard InChI is InChI=1S/C14H12BrNO3.C2H6/c1-18-14(17)9-4-8-5-11(19-10-2-3-10)6-12(15)13(8)16-7-9;1-2/h4-7,10H,2-3H2,1H3;1-2H3. The molecule has 0 saturated heterocycles. The predicted molar refractivity (Wildman–Crippen MR) is 85.8 cm³/mol. The van der Waals surface area contributed by atoms with E-state index in [0.29, 0.717) is 11.7 Å². The Morgan fingerprint density at radius 2 is 2.00 bits per heavy atom. The molecule has 21 heavy (non-hydrogen) atoms. The molecule has 5 heteroatoms. The first-order valence-electron chi connectivity index (χ1n) is 7.01. The van der Waals surface area contributed by atoms with E-state index >= 15 is 0 Å². The van der Waals surface area contributed by atoms with Gasteiger partial charge in [-0.1, -0.05) is 13.8 Å². The van der Waals surface area contributed by atoms with Crippen molar-refractivity contribution < 1.29 is 14.3 Å². The van der Waals surface area contributed by atoms with Crippen molar-refractivity contribution in [1.29, 1.82) is 0 Å². The third-order valence-corrected chi connectivity index (χ3v) is 3.56. The number of fused-ring (bicyclic) bond motifs is 1. The molecule has 1 aliphatic carbocycles. The molecule has 1 aliphatic rings. The molecule has 1 fully saturated rings. The molecule has 0 bridgehead atoms. The molecule has 0 N–H and O–H groups in total. The van der Waals surface area contributed by atoms with E-state index in [-0.39, 0.29) is 5.97 Å². The molecule has 2 aromatic rings. The first kappa shape index (κ1) is 15.8. The molecule has 3 rings (SSSR count). The zero-order valence-electron chi connectivity index (χ0n) is 12.4. The fraction of sp³-hybridized carbons (Fsp3) is 0.375. The number of esters is 1. The molecule has 4 nitrogen and oxygen atoms in total. The number of aromatic nitrogens is 1. The summed E-state index contributed by atoms with van der Waals surface area (Å²) in [5.41, 5.74) is 1.24. The largest absolute Gasteiger partial charge is 0.490 e. The molecular weight excluding hydrogens is 334 g/mol. The molecule has 1 aromatic carbocycles. The van der Waals surface area contributed by atoms with Gasteiger partial charge in [-0.05, 0) is 47.0 Å². The average molecular weight is 352 g/mol. The minimum absolute atomic E-state index is 0.334. The number of ether oxygens (including phenoxy) is 2. The second-order valence-electron chi connectivity index (χ2n) is 4.51. The highest BCUT2D eigenvalue weighted by Crippen LogP contribution is 2.32. The van der Waals surface area contributed by atoms with Crippen LogP contribution in [0, 0.1) is 0 Å². The van der Waals surface area contributed by atoms with Crippen molar-refractivity contribution in [3.8, 4) is 5.75 Å². The van der Waals surface area contributed by atoms with Crippen LogP contribution >= 0.6 is 15.9 Å². The second kappa shape index (κ2) is 6.89. The summed E-state index contributed by atoms with van der Waals surface area (Å²) in [6.45, 7) is 4.00. The van der Waals surface area contributed by atoms with Crippen LogP contribution in [-0.2, 0) is 4.74 Å². The molecule has 0 unspecified atom stereocenters. The van der Waals surface area contributed by atoms with Gasteiger partial charge in [-0.15, -0.1) is 0 Å². The van der Waals surface area contributed by atoms with Gasteiger partial charge in [0.1, 0.15) is 5.75 Å². The Bertz CT molecular complexity index is 653. The smallest absolute Gasteiger partial charge is 0.339 e. The summed E-state index contributed by atoms with van der Waals surface area (Å²) >= 11 is 3.48. The van der Waals surface area contributed by atoms with E-state index in [1.807, 2.05) is 26.0 Å². The van der Waals surface area contributed by atoms with E-state index < -0.39 is 0 Å². The van der Waals surface area contributed by atoms with Crippen LogP contribution in [0.1, 0.15) is 37.0 Å². The van der Waals surface area contributed by atoms with Crippen molar-refractivity contribution in [3.63, 3.8) is 0 Å². The molecule has 0 spiro atoms. The van der Waals surface area contributed by atoms with E-state index in [4.69, 9.17) is 9.47 Å². The summed E-state index contributed by atoms with van der Waals surface area (Å²) in [5, 5.41) is 0.855. The van der Waals surface area contributed by atoms with Crippen molar-refractivity contribution in [1.82, 2.24) is 4.98 Å². The van der Waals surface area contributed by atoms with Gasteiger partial charge in [-0.3, -0.25) is 4.98 Å². The van der Waals surface area contributed by atoms with Crippen LogP contribution in [0.25, 0.3) is 10.9 Å². The van der Waals surface area contributed by atoms with Crippen LogP contribution in [0.5, 0.6) is 5.75 Å². The summed E-state index contributed by atoms with van der Waals surface area (Å²) in [6, 6.07) is 5.57. The van der Waals surface area contributed by atoms with E-state index in [9.17, 15) is 4.79 Å². The maximum Gasteiger partial charge on any atom is 0.339 e. The maximum absolute atomic E-state index is 11.5. The fourth-order valence-corrected chi connectivity index (χ4v) is 2.41. The lowest BCUT2D eigenvalue weighted by Gasteiger charge is -2.08. The minimum Gasteiger partial charge on any atom is -0.490 e. The zero-order chi connectivity index (χ0) is 15.4. The van der Waals surface area contributed by atoms with Crippen molar-refractivity contribution >= 4 is 32.8 Å². The average Bonchev–Trinajstić information content (AvgIpc) is 3.32. The van der Waals surface area contributed by atoms with Crippen molar-refractivity contribution in [2.75, 3.05) is 7.11 Å². The lowest BCUT2D eigenvalue weighted by Crippen LogP contribution is -2.02. The number of benzene rings is 1. The number of nitrogens with zero attached hydrogens (tertiary/aromatic N) is 1. The van der Waals surface area contributed by atoms with E-state index in [1.165, 1.54) is 13.3 Å². The quantitative estimate of drug-likeness (QED) is 0.771. The van der Waals surface area contributed by atoms with Crippen LogP contribution in [0.3, 0.4) is 0 Å². The van der Waals surface area contributed by atoms with Crippen LogP contribution in [0.15, 0.2) is 28.9 Å². The van der Waals surface area contributed by atoms with Crippen LogP contribution < -0.4 is 4.74 Å². The fourth-order valence-electron chi connectivity index (χ4n) is 1.86. The van der Waals surface area contributed by atoms with Gasteiger partial charge in [0.05, 0.1) is 24.3 Å². The van der Waals surface area contributed by atoms with Gasteiger partial charge >= 0.3 is 5.97 Å². The normalized spacial score (nSPS) is 13.3. The Labute approximate surface area is 132 Å². The number of carbonyl (C=O) groups excluding carboxylic acids is 1. The maximum atomic E-state index is 11.5. The summed E-state index contributed by atoms with van der Waals surface area (Å²) in [4.78, 5) is 15.8. The number of methoxy groups -OCH3 is 1. The van der Waals surface area contributed by atoms with Gasteiger partial charge in [-0.25, -0.2) is 4.79 Å². The molecular formula is C16H18BrNO3. The monoisotopic (exact) mass is 351 g/mol. The zero-order valence-corrected chi connectivity index (χ0v) is 13.9. The van der Waals surface area contributed by atoms with Crippen LogP contribution in [0.4, 0.5) is 0 Å². The van der Waals surface area contributed by atoms with Crippen molar-refractivity contribution in [3.05, 3.63) is 34.4 Å². The number of halogens is 1. The third-order valence-electron chi connectivity index (χ3n) is 2.96. The predicted octanol–water partition coefficient (Wildman–Crippen LogP) is 4.35. The van der Waals surface area contributed by atoms with Crippen LogP contribution in [0.2, 0.25) is 0 Å². The number of rotatable bonds is 3. The highest BCUT2D eigenvalue weighted by atomic mass is 79.9. The Hall–Kier alpha value is -1.62. The van der Waals surface area contributed by atoms with Crippen molar-refractivity contribution in [2.45, 2.75) is 32.8 Å². The third kappa shape index (κ3) is 3.73. The Balaban J connectivity index is 0.000000774. The van der Waals surface area contributed by atoms with Crippen LogP contribution in [-0.4, -0.2) is 24.2 Å². The van der Waals surface area contributed by atoms with E-state index in [1.54, 1.807) is 6.07 Å². The summed E-state index contributed by atoms with van der Waals surface area (Å²) in [6.07, 6.45) is 4.06. The van der Waals surface area contributed by atoms with E-state index in [2.05, 4.69) is 20.9 Å². The lowest BCUT2D eigenvalue weighted by molar-refractivity contribution is 0.0600. The van der Waals surface area contributed by atoms with E-state index in [0.717, 1.165) is 34.0 Å². The molecule has 112 valence electrons. The molecule has 1 saturated carbocycles. The van der Waals surface area contributed by atoms with Gasteiger partial charge in [0.15, 0.2) is 0 Å². The molecule has 0 aliphatic heterocycles. The summed E-state index contributed by atoms with van der Waals surface area (Å²) < 4.78 is 11.3. The Morgan fingerprint density at radius 1 is 1.29 bits per heavy atom. The highest BCUT2D eigenvalue weighted by Gasteiger charge is 2.24. The van der Waals surface area contributed by atoms with Gasteiger partial charge < -0.3 is 9.47 Å². The molecule has 0 radical (unpaired) electrons.